The van der Waals surface area contributed by atoms with Crippen LogP contribution < -0.4 is 0 Å². The molecule has 0 amide bonds. The molecule has 0 fully saturated rings. The number of esters is 5. The Morgan fingerprint density at radius 1 is 0.757 bits per heavy atom. The SMILES string of the molecule is CC(=O)OCC(C)(COC(=O)[C@H](C)OC(=O)[C@H](C)OC(C)=O)C(=O)OCc1ccc(C[N+](C)(C)C)cc1. The molecule has 0 saturated carbocycles. The van der Waals surface area contributed by atoms with Gasteiger partial charge in [-0.25, -0.2) is 9.59 Å². The minimum Gasteiger partial charge on any atom is -0.465 e. The summed E-state index contributed by atoms with van der Waals surface area (Å²) in [6.45, 7) is 6.21. The van der Waals surface area contributed by atoms with Gasteiger partial charge in [0.1, 0.15) is 31.8 Å². The Balaban J connectivity index is 2.78. The lowest BCUT2D eigenvalue weighted by Gasteiger charge is -2.27. The minimum atomic E-state index is -1.51. The molecule has 1 aromatic carbocycles. The summed E-state index contributed by atoms with van der Waals surface area (Å²) in [4.78, 5) is 59.6. The van der Waals surface area contributed by atoms with E-state index >= 15 is 0 Å². The van der Waals surface area contributed by atoms with Gasteiger partial charge in [0, 0.05) is 19.4 Å². The van der Waals surface area contributed by atoms with Crippen LogP contribution in [0.4, 0.5) is 0 Å². The topological polar surface area (TPSA) is 132 Å². The van der Waals surface area contributed by atoms with Crippen molar-refractivity contribution in [2.24, 2.45) is 5.41 Å². The Kier molecular flexibility index (Phi) is 11.7. The summed E-state index contributed by atoms with van der Waals surface area (Å²) < 4.78 is 26.0. The van der Waals surface area contributed by atoms with E-state index in [0.29, 0.717) is 0 Å². The second kappa shape index (κ2) is 13.7. The Bertz CT molecular complexity index is 967. The number of carbonyl (C=O) groups is 5. The van der Waals surface area contributed by atoms with Gasteiger partial charge >= 0.3 is 29.8 Å². The van der Waals surface area contributed by atoms with Crippen LogP contribution in [-0.4, -0.2) is 80.9 Å². The highest BCUT2D eigenvalue weighted by atomic mass is 16.6. The van der Waals surface area contributed by atoms with E-state index in [-0.39, 0.29) is 6.61 Å². The summed E-state index contributed by atoms with van der Waals surface area (Å²) in [5.41, 5.74) is 0.374. The minimum absolute atomic E-state index is 0.0326. The second-order valence-corrected chi connectivity index (χ2v) is 10.1. The van der Waals surface area contributed by atoms with Crippen molar-refractivity contribution >= 4 is 29.8 Å². The summed E-state index contributed by atoms with van der Waals surface area (Å²) in [7, 11) is 6.25. The number of quaternary nitrogens is 1. The molecule has 3 atom stereocenters. The average Bonchev–Trinajstić information content (AvgIpc) is 2.78. The third kappa shape index (κ3) is 11.9. The zero-order valence-electron chi connectivity index (χ0n) is 22.8. The van der Waals surface area contributed by atoms with Crippen LogP contribution in [0.2, 0.25) is 0 Å². The van der Waals surface area contributed by atoms with Crippen molar-refractivity contribution in [1.29, 1.82) is 0 Å². The van der Waals surface area contributed by atoms with Crippen molar-refractivity contribution in [3.8, 4) is 0 Å². The Morgan fingerprint density at radius 2 is 1.27 bits per heavy atom. The van der Waals surface area contributed by atoms with Crippen LogP contribution in [0.5, 0.6) is 0 Å². The molecule has 0 aromatic heterocycles. The van der Waals surface area contributed by atoms with Gasteiger partial charge in [-0.3, -0.25) is 14.4 Å². The zero-order valence-corrected chi connectivity index (χ0v) is 22.8. The average molecular weight is 525 g/mol. The van der Waals surface area contributed by atoms with Crippen molar-refractivity contribution in [3.05, 3.63) is 35.4 Å². The van der Waals surface area contributed by atoms with E-state index in [2.05, 4.69) is 21.1 Å². The van der Waals surface area contributed by atoms with E-state index in [9.17, 15) is 24.0 Å². The van der Waals surface area contributed by atoms with Gasteiger partial charge < -0.3 is 28.2 Å². The lowest BCUT2D eigenvalue weighted by atomic mass is 9.93. The lowest BCUT2D eigenvalue weighted by molar-refractivity contribution is -0.884. The highest BCUT2D eigenvalue weighted by Crippen LogP contribution is 2.22. The van der Waals surface area contributed by atoms with Crippen LogP contribution in [0, 0.1) is 5.41 Å². The largest absolute Gasteiger partial charge is 0.465 e. The molecule has 0 aliphatic carbocycles. The first-order chi connectivity index (χ1) is 17.0. The Morgan fingerprint density at radius 3 is 1.78 bits per heavy atom. The summed E-state index contributed by atoms with van der Waals surface area (Å²) >= 11 is 0. The van der Waals surface area contributed by atoms with Crippen molar-refractivity contribution in [2.75, 3.05) is 34.4 Å². The van der Waals surface area contributed by atoms with E-state index in [4.69, 9.17) is 23.7 Å². The monoisotopic (exact) mass is 524 g/mol. The number of rotatable bonds is 13. The summed E-state index contributed by atoms with van der Waals surface area (Å²) in [6.07, 6.45) is -2.55. The van der Waals surface area contributed by atoms with Gasteiger partial charge in [0.15, 0.2) is 12.2 Å². The molecule has 1 aromatic rings. The molecule has 11 heteroatoms. The summed E-state index contributed by atoms with van der Waals surface area (Å²) in [5, 5.41) is 0. The maximum absolute atomic E-state index is 12.9. The van der Waals surface area contributed by atoms with Gasteiger partial charge in [-0.2, -0.15) is 0 Å². The third-order valence-electron chi connectivity index (χ3n) is 4.97. The quantitative estimate of drug-likeness (QED) is 0.214. The Labute approximate surface area is 217 Å². The van der Waals surface area contributed by atoms with Crippen LogP contribution in [0.3, 0.4) is 0 Å². The van der Waals surface area contributed by atoms with Crippen LogP contribution >= 0.6 is 0 Å². The molecule has 37 heavy (non-hydrogen) atoms. The number of nitrogens with zero attached hydrogens (tertiary/aromatic N) is 1. The van der Waals surface area contributed by atoms with Gasteiger partial charge in [0.25, 0.3) is 0 Å². The number of hydrogen-bond acceptors (Lipinski definition) is 10. The first-order valence-corrected chi connectivity index (χ1v) is 11.8. The highest BCUT2D eigenvalue weighted by molar-refractivity contribution is 5.83. The van der Waals surface area contributed by atoms with E-state index in [1.54, 1.807) is 0 Å². The van der Waals surface area contributed by atoms with Crippen LogP contribution in [0.1, 0.15) is 45.7 Å². The van der Waals surface area contributed by atoms with E-state index in [1.165, 1.54) is 27.7 Å². The van der Waals surface area contributed by atoms with Crippen molar-refractivity contribution < 1.29 is 52.1 Å². The molecule has 0 heterocycles. The van der Waals surface area contributed by atoms with E-state index in [1.807, 2.05) is 24.3 Å². The van der Waals surface area contributed by atoms with Crippen LogP contribution in [0.15, 0.2) is 24.3 Å². The van der Waals surface area contributed by atoms with E-state index < -0.39 is 60.7 Å². The highest BCUT2D eigenvalue weighted by Gasteiger charge is 2.39. The molecule has 0 aliphatic rings. The first kappa shape index (κ1) is 31.6. The predicted octanol–water partition coefficient (Wildman–Crippen LogP) is 1.93. The first-order valence-electron chi connectivity index (χ1n) is 11.8. The molecule has 1 unspecified atom stereocenters. The van der Waals surface area contributed by atoms with Crippen LogP contribution in [0.25, 0.3) is 0 Å². The maximum Gasteiger partial charge on any atom is 0.347 e. The molecular weight excluding hydrogens is 486 g/mol. The lowest BCUT2D eigenvalue weighted by Crippen LogP contribution is -2.41. The van der Waals surface area contributed by atoms with Crippen molar-refractivity contribution in [1.82, 2.24) is 0 Å². The van der Waals surface area contributed by atoms with Gasteiger partial charge in [-0.05, 0) is 26.3 Å². The molecule has 11 nitrogen and oxygen atoms in total. The fourth-order valence-corrected chi connectivity index (χ4v) is 3.00. The maximum atomic E-state index is 12.9. The van der Waals surface area contributed by atoms with Gasteiger partial charge in [0.05, 0.1) is 21.1 Å². The molecule has 0 spiro atoms. The van der Waals surface area contributed by atoms with Crippen molar-refractivity contribution in [2.45, 2.75) is 60.0 Å². The molecule has 1 rings (SSSR count). The second-order valence-electron chi connectivity index (χ2n) is 10.1. The smallest absolute Gasteiger partial charge is 0.347 e. The molecular formula is C26H38NO10+. The molecule has 0 saturated heterocycles. The standard InChI is InChI=1S/C26H38NO10/c1-17(37-24(31)18(2)36-20(4)29)23(30)35-16-26(5,15-34-19(3)28)25(32)33-14-22-11-9-21(10-12-22)13-27(6,7)8/h9-12,17-18H,13-16H2,1-8H3/q+1/t17-,18-,26?/m0/s1. The van der Waals surface area contributed by atoms with E-state index in [0.717, 1.165) is 29.1 Å². The number of ether oxygens (including phenoxy) is 5. The summed E-state index contributed by atoms with van der Waals surface area (Å²) in [5.74, 6) is -3.93. The third-order valence-corrected chi connectivity index (χ3v) is 4.97. The predicted molar refractivity (Wildman–Crippen MR) is 130 cm³/mol. The van der Waals surface area contributed by atoms with Crippen LogP contribution in [-0.2, 0) is 60.8 Å². The molecule has 0 bridgehead atoms. The Hall–Kier alpha value is -3.47. The molecule has 0 radical (unpaired) electrons. The van der Waals surface area contributed by atoms with Gasteiger partial charge in [-0.1, -0.05) is 24.3 Å². The molecule has 206 valence electrons. The zero-order chi connectivity index (χ0) is 28.4. The van der Waals surface area contributed by atoms with Crippen molar-refractivity contribution in [3.63, 3.8) is 0 Å². The molecule has 0 N–H and O–H groups in total. The number of hydrogen-bond donors (Lipinski definition) is 0. The number of benzene rings is 1. The summed E-state index contributed by atoms with van der Waals surface area (Å²) in [6, 6.07) is 7.62. The van der Waals surface area contributed by atoms with Gasteiger partial charge in [-0.15, -0.1) is 0 Å². The van der Waals surface area contributed by atoms with Gasteiger partial charge in [0.2, 0.25) is 0 Å². The number of carbonyl (C=O) groups excluding carboxylic acids is 5. The fourth-order valence-electron chi connectivity index (χ4n) is 3.00. The normalized spacial score (nSPS) is 14.4. The molecule has 0 aliphatic heterocycles. The fraction of sp³-hybridized carbons (Fsp3) is 0.577.